The highest BCUT2D eigenvalue weighted by atomic mass is 16.5. The number of hydrogen-bond acceptors (Lipinski definition) is 6. The molecule has 0 fully saturated rings. The number of para-hydroxylation sites is 1. The van der Waals surface area contributed by atoms with Gasteiger partial charge in [-0.2, -0.15) is 0 Å². The maximum absolute atomic E-state index is 12.0. The smallest absolute Gasteiger partial charge is 0.341 e. The molecule has 0 aromatic heterocycles. The topological polar surface area (TPSA) is 82.1 Å². The third-order valence-corrected chi connectivity index (χ3v) is 4.90. The Labute approximate surface area is 177 Å². The Bertz CT molecular complexity index is 832. The van der Waals surface area contributed by atoms with Crippen LogP contribution in [-0.4, -0.2) is 43.5 Å². The second-order valence-corrected chi connectivity index (χ2v) is 7.09. The number of carbonyl (C=O) groups is 2. The number of hydrogen-bond donors (Lipinski definition) is 1. The first-order chi connectivity index (χ1) is 14.5. The quantitative estimate of drug-likeness (QED) is 0.555. The second kappa shape index (κ2) is 12.0. The fourth-order valence-electron chi connectivity index (χ4n) is 3.37. The molecule has 0 heterocycles. The Morgan fingerprint density at radius 2 is 1.50 bits per heavy atom. The highest BCUT2D eigenvalue weighted by Gasteiger charge is 2.20. The molecule has 2 rings (SSSR count). The SMILES string of the molecule is CCCC(CC(O)CCc1ccccc1C(=O)OC)Oc1ccccc1C(=O)OC. The van der Waals surface area contributed by atoms with Gasteiger partial charge in [0.1, 0.15) is 17.4 Å². The number of benzene rings is 2. The van der Waals surface area contributed by atoms with E-state index in [1.54, 1.807) is 36.4 Å². The van der Waals surface area contributed by atoms with Crippen LogP contribution in [0.25, 0.3) is 0 Å². The molecule has 6 nitrogen and oxygen atoms in total. The van der Waals surface area contributed by atoms with E-state index in [9.17, 15) is 14.7 Å². The van der Waals surface area contributed by atoms with E-state index < -0.39 is 12.1 Å². The minimum absolute atomic E-state index is 0.244. The number of methoxy groups -OCH3 is 2. The van der Waals surface area contributed by atoms with Gasteiger partial charge < -0.3 is 19.3 Å². The molecule has 2 unspecified atom stereocenters. The van der Waals surface area contributed by atoms with Crippen LogP contribution in [-0.2, 0) is 15.9 Å². The molecule has 2 aromatic rings. The number of carbonyl (C=O) groups excluding carboxylic acids is 2. The zero-order valence-corrected chi connectivity index (χ0v) is 17.8. The molecule has 162 valence electrons. The van der Waals surface area contributed by atoms with Crippen LogP contribution in [0, 0.1) is 0 Å². The van der Waals surface area contributed by atoms with E-state index in [0.29, 0.717) is 36.1 Å². The van der Waals surface area contributed by atoms with Crippen LogP contribution < -0.4 is 4.74 Å². The van der Waals surface area contributed by atoms with Gasteiger partial charge in [-0.3, -0.25) is 0 Å². The predicted molar refractivity (Wildman–Crippen MR) is 114 cm³/mol. The number of rotatable bonds is 11. The van der Waals surface area contributed by atoms with Gasteiger partial charge in [-0.1, -0.05) is 43.7 Å². The van der Waals surface area contributed by atoms with Gasteiger partial charge in [-0.25, -0.2) is 9.59 Å². The van der Waals surface area contributed by atoms with Crippen molar-refractivity contribution in [3.05, 3.63) is 65.2 Å². The number of aliphatic hydroxyl groups excluding tert-OH is 1. The van der Waals surface area contributed by atoms with Crippen molar-refractivity contribution in [1.82, 2.24) is 0 Å². The van der Waals surface area contributed by atoms with Crippen LogP contribution in [0.1, 0.15) is 58.9 Å². The first-order valence-electron chi connectivity index (χ1n) is 10.2. The fourth-order valence-corrected chi connectivity index (χ4v) is 3.37. The predicted octanol–water partition coefficient (Wildman–Crippen LogP) is 4.19. The molecule has 0 aliphatic heterocycles. The summed E-state index contributed by atoms with van der Waals surface area (Å²) in [4.78, 5) is 23.9. The molecule has 1 N–H and O–H groups in total. The number of ether oxygens (including phenoxy) is 3. The summed E-state index contributed by atoms with van der Waals surface area (Å²) in [6, 6.07) is 14.2. The minimum Gasteiger partial charge on any atom is -0.489 e. The van der Waals surface area contributed by atoms with Gasteiger partial charge in [0.2, 0.25) is 0 Å². The molecular weight excluding hydrogens is 384 g/mol. The van der Waals surface area contributed by atoms with Crippen LogP contribution in [0.3, 0.4) is 0 Å². The van der Waals surface area contributed by atoms with Crippen molar-refractivity contribution in [2.75, 3.05) is 14.2 Å². The molecule has 0 spiro atoms. The lowest BCUT2D eigenvalue weighted by Gasteiger charge is -2.23. The average Bonchev–Trinajstić information content (AvgIpc) is 2.77. The van der Waals surface area contributed by atoms with Crippen molar-refractivity contribution >= 4 is 11.9 Å². The highest BCUT2D eigenvalue weighted by Crippen LogP contribution is 2.24. The van der Waals surface area contributed by atoms with Gasteiger partial charge in [0.05, 0.1) is 25.9 Å². The molecule has 6 heteroatoms. The lowest BCUT2D eigenvalue weighted by molar-refractivity contribution is 0.0574. The molecule has 0 saturated carbocycles. The summed E-state index contributed by atoms with van der Waals surface area (Å²) < 4.78 is 15.7. The molecule has 30 heavy (non-hydrogen) atoms. The molecule has 0 amide bonds. The summed E-state index contributed by atoms with van der Waals surface area (Å²) in [5, 5.41) is 10.6. The zero-order chi connectivity index (χ0) is 21.9. The van der Waals surface area contributed by atoms with Gasteiger partial charge in [0.25, 0.3) is 0 Å². The summed E-state index contributed by atoms with van der Waals surface area (Å²) in [5.41, 5.74) is 1.72. The van der Waals surface area contributed by atoms with E-state index in [1.165, 1.54) is 14.2 Å². The fraction of sp³-hybridized carbons (Fsp3) is 0.417. The standard InChI is InChI=1S/C24H30O6/c1-4-9-19(30-22-13-8-7-12-21(22)24(27)29-3)16-18(25)15-14-17-10-5-6-11-20(17)23(26)28-2/h5-8,10-13,18-19,25H,4,9,14-16H2,1-3H3. The summed E-state index contributed by atoms with van der Waals surface area (Å²) in [5.74, 6) is -0.390. The third kappa shape index (κ3) is 6.59. The normalized spacial score (nSPS) is 12.7. The van der Waals surface area contributed by atoms with Crippen molar-refractivity contribution in [2.45, 2.75) is 51.2 Å². The Kier molecular flexibility index (Phi) is 9.35. The lowest BCUT2D eigenvalue weighted by atomic mass is 9.98. The summed E-state index contributed by atoms with van der Waals surface area (Å²) in [6.07, 6.45) is 2.21. The van der Waals surface area contributed by atoms with E-state index in [0.717, 1.165) is 18.4 Å². The molecule has 0 radical (unpaired) electrons. The first-order valence-corrected chi connectivity index (χ1v) is 10.2. The lowest BCUT2D eigenvalue weighted by Crippen LogP contribution is -2.25. The van der Waals surface area contributed by atoms with Crippen molar-refractivity contribution < 1.29 is 28.9 Å². The summed E-state index contributed by atoms with van der Waals surface area (Å²) in [6.45, 7) is 2.04. The van der Waals surface area contributed by atoms with Gasteiger partial charge in [0, 0.05) is 6.42 Å². The second-order valence-electron chi connectivity index (χ2n) is 7.09. The summed E-state index contributed by atoms with van der Waals surface area (Å²) >= 11 is 0. The van der Waals surface area contributed by atoms with Gasteiger partial charge in [-0.05, 0) is 43.0 Å². The van der Waals surface area contributed by atoms with Crippen molar-refractivity contribution in [2.24, 2.45) is 0 Å². The van der Waals surface area contributed by atoms with E-state index >= 15 is 0 Å². The van der Waals surface area contributed by atoms with Crippen LogP contribution in [0.15, 0.2) is 48.5 Å². The Balaban J connectivity index is 2.03. The zero-order valence-electron chi connectivity index (χ0n) is 17.8. The Morgan fingerprint density at radius 1 is 0.900 bits per heavy atom. The van der Waals surface area contributed by atoms with E-state index in [1.807, 2.05) is 19.1 Å². The van der Waals surface area contributed by atoms with Crippen LogP contribution >= 0.6 is 0 Å². The van der Waals surface area contributed by atoms with E-state index in [4.69, 9.17) is 14.2 Å². The monoisotopic (exact) mass is 414 g/mol. The van der Waals surface area contributed by atoms with E-state index in [2.05, 4.69) is 0 Å². The van der Waals surface area contributed by atoms with Crippen LogP contribution in [0.5, 0.6) is 5.75 Å². The van der Waals surface area contributed by atoms with Gasteiger partial charge in [-0.15, -0.1) is 0 Å². The van der Waals surface area contributed by atoms with Crippen LogP contribution in [0.2, 0.25) is 0 Å². The summed E-state index contributed by atoms with van der Waals surface area (Å²) in [7, 11) is 2.69. The highest BCUT2D eigenvalue weighted by molar-refractivity contribution is 5.92. The molecule has 0 saturated heterocycles. The maximum atomic E-state index is 12.0. The minimum atomic E-state index is -0.613. The molecule has 0 bridgehead atoms. The maximum Gasteiger partial charge on any atom is 0.341 e. The first kappa shape index (κ1) is 23.4. The molecule has 2 atom stereocenters. The van der Waals surface area contributed by atoms with Crippen LogP contribution in [0.4, 0.5) is 0 Å². The largest absolute Gasteiger partial charge is 0.489 e. The van der Waals surface area contributed by atoms with Gasteiger partial charge in [0.15, 0.2) is 0 Å². The number of aliphatic hydroxyl groups is 1. The Hall–Kier alpha value is -2.86. The molecule has 2 aromatic carbocycles. The molecule has 0 aliphatic rings. The molecular formula is C24H30O6. The third-order valence-electron chi connectivity index (χ3n) is 4.90. The average molecular weight is 414 g/mol. The number of aryl methyl sites for hydroxylation is 1. The van der Waals surface area contributed by atoms with Gasteiger partial charge >= 0.3 is 11.9 Å². The van der Waals surface area contributed by atoms with Crippen molar-refractivity contribution in [3.8, 4) is 5.75 Å². The van der Waals surface area contributed by atoms with E-state index in [-0.39, 0.29) is 12.1 Å². The number of esters is 2. The Morgan fingerprint density at radius 3 is 2.17 bits per heavy atom. The van der Waals surface area contributed by atoms with Crippen molar-refractivity contribution in [1.29, 1.82) is 0 Å². The molecule has 0 aliphatic carbocycles. The van der Waals surface area contributed by atoms with Crippen molar-refractivity contribution in [3.63, 3.8) is 0 Å².